The number of nitrogens with zero attached hydrogens (tertiary/aromatic N) is 2. The van der Waals surface area contributed by atoms with E-state index in [0.717, 1.165) is 11.3 Å². The molecule has 0 aromatic heterocycles. The Morgan fingerprint density at radius 3 is 2.59 bits per heavy atom. The number of hydrogen-bond donors (Lipinski definition) is 0. The van der Waals surface area contributed by atoms with Gasteiger partial charge in [0.25, 0.3) is 0 Å². The molecule has 0 atom stereocenters. The summed E-state index contributed by atoms with van der Waals surface area (Å²) in [5, 5.41) is 0. The van der Waals surface area contributed by atoms with Gasteiger partial charge in [-0.2, -0.15) is 0 Å². The largest absolute Gasteiger partial charge is 0.508 e. The summed E-state index contributed by atoms with van der Waals surface area (Å²) in [6.45, 7) is 11.0. The van der Waals surface area contributed by atoms with E-state index >= 15 is 0 Å². The Kier molecular flexibility index (Phi) is 3.14. The molecule has 0 saturated carbocycles. The number of hydrogen-bond acceptors (Lipinski definition) is 2. The number of carbonyl (C=O) groups excluding carboxylic acids is 1. The van der Waals surface area contributed by atoms with Crippen LogP contribution in [0, 0.1) is 6.57 Å². The minimum absolute atomic E-state index is 0.0197. The third-order valence-electron chi connectivity index (χ3n) is 4.10. The van der Waals surface area contributed by atoms with Crippen LogP contribution in [0.4, 0.5) is 17.1 Å². The Morgan fingerprint density at radius 2 is 1.91 bits per heavy atom. The highest BCUT2D eigenvalue weighted by Gasteiger charge is 2.44. The Morgan fingerprint density at radius 1 is 1.18 bits per heavy atom. The lowest BCUT2D eigenvalue weighted by atomic mass is 9.86. The number of methoxy groups -OCH3 is 1. The second kappa shape index (κ2) is 4.88. The molecule has 4 nitrogen and oxygen atoms in total. The van der Waals surface area contributed by atoms with Gasteiger partial charge in [-0.15, -0.1) is 0 Å². The molecular formula is C18H16N2O2. The molecule has 2 aromatic carbocycles. The van der Waals surface area contributed by atoms with Crippen LogP contribution in [0.3, 0.4) is 0 Å². The fourth-order valence-electron chi connectivity index (χ4n) is 2.86. The van der Waals surface area contributed by atoms with Gasteiger partial charge in [-0.25, -0.2) is 4.85 Å². The van der Waals surface area contributed by atoms with Crippen molar-refractivity contribution < 1.29 is 9.53 Å². The second-order valence-corrected chi connectivity index (χ2v) is 5.75. The number of anilines is 2. The molecule has 4 heteroatoms. The van der Waals surface area contributed by atoms with Gasteiger partial charge in [0.05, 0.1) is 24.8 Å². The zero-order valence-electron chi connectivity index (χ0n) is 12.8. The molecule has 0 fully saturated rings. The van der Waals surface area contributed by atoms with Crippen LogP contribution in [-0.2, 0) is 10.2 Å². The number of benzene rings is 2. The highest BCUT2D eigenvalue weighted by atomic mass is 16.5. The van der Waals surface area contributed by atoms with Gasteiger partial charge in [0.1, 0.15) is 5.75 Å². The van der Waals surface area contributed by atoms with E-state index in [1.165, 1.54) is 7.11 Å². The number of para-hydroxylation sites is 1. The summed E-state index contributed by atoms with van der Waals surface area (Å²) in [6.07, 6.45) is 0. The van der Waals surface area contributed by atoms with E-state index in [1.807, 2.05) is 38.1 Å². The number of carbonyl (C=O) groups is 1. The SMILES string of the molecule is [C-]#[N+]c1ccc(N2C(=O)C(C)(C)c3ccccc32)cc1OC. The summed E-state index contributed by atoms with van der Waals surface area (Å²) < 4.78 is 5.26. The zero-order chi connectivity index (χ0) is 15.9. The van der Waals surface area contributed by atoms with E-state index < -0.39 is 5.41 Å². The van der Waals surface area contributed by atoms with Gasteiger partial charge in [-0.05, 0) is 37.6 Å². The smallest absolute Gasteiger partial charge is 0.241 e. The van der Waals surface area contributed by atoms with E-state index in [1.54, 1.807) is 23.1 Å². The average Bonchev–Trinajstić information content (AvgIpc) is 2.74. The van der Waals surface area contributed by atoms with Crippen molar-refractivity contribution in [3.05, 3.63) is 59.4 Å². The molecule has 0 radical (unpaired) electrons. The van der Waals surface area contributed by atoms with Crippen LogP contribution in [0.1, 0.15) is 19.4 Å². The first-order chi connectivity index (χ1) is 10.5. The Labute approximate surface area is 129 Å². The summed E-state index contributed by atoms with van der Waals surface area (Å²) in [6, 6.07) is 13.0. The molecule has 1 aliphatic heterocycles. The van der Waals surface area contributed by atoms with Crippen molar-refractivity contribution >= 4 is 23.0 Å². The van der Waals surface area contributed by atoms with E-state index in [4.69, 9.17) is 11.3 Å². The molecule has 0 spiro atoms. The van der Waals surface area contributed by atoms with Crippen molar-refractivity contribution in [1.82, 2.24) is 0 Å². The van der Waals surface area contributed by atoms with Gasteiger partial charge in [0, 0.05) is 5.69 Å². The van der Waals surface area contributed by atoms with Crippen LogP contribution in [0.5, 0.6) is 5.75 Å². The molecule has 2 aromatic rings. The van der Waals surface area contributed by atoms with Crippen LogP contribution < -0.4 is 9.64 Å². The summed E-state index contributed by atoms with van der Waals surface area (Å²) >= 11 is 0. The number of amides is 1. The van der Waals surface area contributed by atoms with Crippen molar-refractivity contribution in [3.63, 3.8) is 0 Å². The molecule has 1 amide bonds. The lowest BCUT2D eigenvalue weighted by molar-refractivity contribution is -0.121. The van der Waals surface area contributed by atoms with Gasteiger partial charge >= 0.3 is 0 Å². The summed E-state index contributed by atoms with van der Waals surface area (Å²) in [5.41, 5.74) is 2.48. The first kappa shape index (κ1) is 14.2. The average molecular weight is 292 g/mol. The third kappa shape index (κ3) is 1.86. The monoisotopic (exact) mass is 292 g/mol. The maximum Gasteiger partial charge on any atom is 0.241 e. The molecule has 110 valence electrons. The zero-order valence-corrected chi connectivity index (χ0v) is 12.8. The summed E-state index contributed by atoms with van der Waals surface area (Å²) in [4.78, 5) is 18.0. The highest BCUT2D eigenvalue weighted by molar-refractivity contribution is 6.12. The molecular weight excluding hydrogens is 276 g/mol. The molecule has 0 N–H and O–H groups in total. The van der Waals surface area contributed by atoms with Crippen LogP contribution in [0.15, 0.2) is 42.5 Å². The van der Waals surface area contributed by atoms with E-state index in [0.29, 0.717) is 17.1 Å². The first-order valence-electron chi connectivity index (χ1n) is 7.00. The number of fused-ring (bicyclic) bond motifs is 1. The fourth-order valence-corrected chi connectivity index (χ4v) is 2.86. The molecule has 3 rings (SSSR count). The maximum absolute atomic E-state index is 12.9. The van der Waals surface area contributed by atoms with Crippen molar-refractivity contribution in [2.24, 2.45) is 0 Å². The third-order valence-corrected chi connectivity index (χ3v) is 4.10. The molecule has 22 heavy (non-hydrogen) atoms. The topological polar surface area (TPSA) is 33.9 Å². The molecule has 1 heterocycles. The highest BCUT2D eigenvalue weighted by Crippen LogP contribution is 2.46. The van der Waals surface area contributed by atoms with Crippen molar-refractivity contribution in [2.75, 3.05) is 12.0 Å². The predicted octanol–water partition coefficient (Wildman–Crippen LogP) is 4.20. The number of rotatable bonds is 2. The van der Waals surface area contributed by atoms with Crippen LogP contribution in [0.2, 0.25) is 0 Å². The predicted molar refractivity (Wildman–Crippen MR) is 85.9 cm³/mol. The minimum Gasteiger partial charge on any atom is -0.508 e. The molecule has 0 unspecified atom stereocenters. The maximum atomic E-state index is 12.9. The normalized spacial score (nSPS) is 15.4. The van der Waals surface area contributed by atoms with E-state index in [9.17, 15) is 4.79 Å². The van der Waals surface area contributed by atoms with Crippen molar-refractivity contribution in [1.29, 1.82) is 0 Å². The lowest BCUT2D eigenvalue weighted by Gasteiger charge is -2.21. The van der Waals surface area contributed by atoms with Crippen molar-refractivity contribution in [3.8, 4) is 5.75 Å². The van der Waals surface area contributed by atoms with Crippen LogP contribution in [0.25, 0.3) is 4.85 Å². The second-order valence-electron chi connectivity index (χ2n) is 5.75. The van der Waals surface area contributed by atoms with Crippen molar-refractivity contribution in [2.45, 2.75) is 19.3 Å². The first-order valence-corrected chi connectivity index (χ1v) is 7.00. The lowest BCUT2D eigenvalue weighted by Crippen LogP contribution is -2.33. The van der Waals surface area contributed by atoms with Crippen LogP contribution >= 0.6 is 0 Å². The van der Waals surface area contributed by atoms with E-state index in [2.05, 4.69) is 4.85 Å². The van der Waals surface area contributed by atoms with Gasteiger partial charge in [0.2, 0.25) is 11.6 Å². The molecule has 0 aliphatic carbocycles. The molecule has 0 bridgehead atoms. The molecule has 0 saturated heterocycles. The van der Waals surface area contributed by atoms with Gasteiger partial charge in [0.15, 0.2) is 0 Å². The van der Waals surface area contributed by atoms with Gasteiger partial charge in [-0.3, -0.25) is 9.69 Å². The molecule has 1 aliphatic rings. The summed E-state index contributed by atoms with van der Waals surface area (Å²) in [7, 11) is 1.53. The Hall–Kier alpha value is -2.80. The van der Waals surface area contributed by atoms with Gasteiger partial charge in [-0.1, -0.05) is 24.3 Å². The van der Waals surface area contributed by atoms with Gasteiger partial charge < -0.3 is 4.74 Å². The van der Waals surface area contributed by atoms with E-state index in [-0.39, 0.29) is 5.91 Å². The Bertz CT molecular complexity index is 803. The number of ether oxygens (including phenoxy) is 1. The fraction of sp³-hybridized carbons (Fsp3) is 0.222. The quantitative estimate of drug-likeness (QED) is 0.777. The minimum atomic E-state index is -0.567. The standard InChI is InChI=1S/C18H16N2O2/c1-18(2)13-7-5-6-8-15(13)20(17(18)21)12-9-10-14(19-3)16(11-12)22-4/h5-11H,1-2,4H3. The van der Waals surface area contributed by atoms with Crippen LogP contribution in [-0.4, -0.2) is 13.0 Å². The Balaban J connectivity index is 2.18. The summed E-state index contributed by atoms with van der Waals surface area (Å²) in [5.74, 6) is 0.494.